The van der Waals surface area contributed by atoms with Crippen LogP contribution in [0.1, 0.15) is 29.0 Å². The second kappa shape index (κ2) is 6.87. The van der Waals surface area contributed by atoms with Gasteiger partial charge in [0.1, 0.15) is 5.76 Å². The van der Waals surface area contributed by atoms with Crippen molar-refractivity contribution in [2.24, 2.45) is 0 Å². The van der Waals surface area contributed by atoms with E-state index in [0.717, 1.165) is 23.2 Å². The Labute approximate surface area is 125 Å². The molecule has 0 atom stereocenters. The maximum absolute atomic E-state index is 12.0. The van der Waals surface area contributed by atoms with Gasteiger partial charge in [-0.3, -0.25) is 0 Å². The Morgan fingerprint density at radius 3 is 2.52 bits per heavy atom. The lowest BCUT2D eigenvalue weighted by Crippen LogP contribution is -2.26. The highest BCUT2D eigenvalue weighted by Crippen LogP contribution is 2.12. The third-order valence-electron chi connectivity index (χ3n) is 3.37. The molecule has 0 aliphatic heterocycles. The fraction of sp³-hybridized carbons (Fsp3) is 0.400. The predicted octanol–water partition coefficient (Wildman–Crippen LogP) is 2.34. The first kappa shape index (κ1) is 15.7. The highest BCUT2D eigenvalue weighted by molar-refractivity contribution is 7.89. The van der Waals surface area contributed by atoms with Crippen LogP contribution in [0.5, 0.6) is 0 Å². The molecule has 1 aromatic heterocycles. The van der Waals surface area contributed by atoms with Crippen LogP contribution in [0.15, 0.2) is 34.9 Å². The molecule has 1 N–H and O–H groups in total. The maximum Gasteiger partial charge on any atom is 0.211 e. The smallest absolute Gasteiger partial charge is 0.211 e. The molecule has 0 radical (unpaired) electrons. The van der Waals surface area contributed by atoms with Crippen molar-refractivity contribution in [1.82, 2.24) is 9.88 Å². The van der Waals surface area contributed by atoms with Gasteiger partial charge in [-0.1, -0.05) is 35.5 Å². The summed E-state index contributed by atoms with van der Waals surface area (Å²) in [6, 6.07) is 9.87. The third-order valence-corrected chi connectivity index (χ3v) is 4.78. The summed E-state index contributed by atoms with van der Waals surface area (Å²) in [6.45, 7) is 3.81. The van der Waals surface area contributed by atoms with E-state index in [2.05, 4.69) is 9.88 Å². The minimum Gasteiger partial charge on any atom is -0.361 e. The van der Waals surface area contributed by atoms with Crippen molar-refractivity contribution in [3.8, 4) is 0 Å². The van der Waals surface area contributed by atoms with Crippen molar-refractivity contribution in [3.05, 3.63) is 52.9 Å². The van der Waals surface area contributed by atoms with Crippen LogP contribution in [0.2, 0.25) is 0 Å². The lowest BCUT2D eigenvalue weighted by atomic mass is 10.1. The fourth-order valence-electron chi connectivity index (χ4n) is 2.12. The molecule has 0 saturated heterocycles. The molecule has 0 saturated carbocycles. The lowest BCUT2D eigenvalue weighted by molar-refractivity contribution is 0.392. The van der Waals surface area contributed by atoms with Crippen molar-refractivity contribution < 1.29 is 12.9 Å². The molecule has 114 valence electrons. The van der Waals surface area contributed by atoms with Gasteiger partial charge in [0.15, 0.2) is 0 Å². The Bertz CT molecular complexity index is 659. The molecule has 1 aromatic carbocycles. The highest BCUT2D eigenvalue weighted by atomic mass is 32.2. The van der Waals surface area contributed by atoms with Crippen LogP contribution in [-0.4, -0.2) is 19.3 Å². The summed E-state index contributed by atoms with van der Waals surface area (Å²) in [7, 11) is -3.28. The summed E-state index contributed by atoms with van der Waals surface area (Å²) in [4.78, 5) is 0. The van der Waals surface area contributed by atoms with Crippen molar-refractivity contribution in [3.63, 3.8) is 0 Å². The van der Waals surface area contributed by atoms with E-state index < -0.39 is 10.0 Å². The van der Waals surface area contributed by atoms with Gasteiger partial charge in [-0.05, 0) is 32.3 Å². The minimum atomic E-state index is -3.28. The largest absolute Gasteiger partial charge is 0.361 e. The highest BCUT2D eigenvalue weighted by Gasteiger charge is 2.14. The van der Waals surface area contributed by atoms with Crippen LogP contribution in [-0.2, 0) is 23.0 Å². The van der Waals surface area contributed by atoms with Gasteiger partial charge in [0.05, 0.1) is 11.4 Å². The van der Waals surface area contributed by atoms with Crippen LogP contribution >= 0.6 is 0 Å². The first-order valence-electron chi connectivity index (χ1n) is 6.91. The zero-order chi connectivity index (χ0) is 15.3. The topological polar surface area (TPSA) is 72.2 Å². The average molecular weight is 308 g/mol. The van der Waals surface area contributed by atoms with Gasteiger partial charge in [-0.15, -0.1) is 0 Å². The zero-order valence-electron chi connectivity index (χ0n) is 12.3. The van der Waals surface area contributed by atoms with Crippen LogP contribution in [0.25, 0.3) is 0 Å². The van der Waals surface area contributed by atoms with Crippen LogP contribution in [0.4, 0.5) is 0 Å². The second-order valence-electron chi connectivity index (χ2n) is 5.03. The second-order valence-corrected chi connectivity index (χ2v) is 6.96. The Hall–Kier alpha value is -1.66. The van der Waals surface area contributed by atoms with Crippen molar-refractivity contribution in [2.75, 3.05) is 5.75 Å². The number of hydrogen-bond acceptors (Lipinski definition) is 4. The SMILES string of the molecule is Cc1noc(C)c1CNS(=O)(=O)CCCc1ccccc1. The number of hydrogen-bond donors (Lipinski definition) is 1. The molecule has 0 spiro atoms. The number of benzene rings is 1. The number of nitrogens with zero attached hydrogens (tertiary/aromatic N) is 1. The van der Waals surface area contributed by atoms with Gasteiger partial charge >= 0.3 is 0 Å². The molecule has 5 nitrogen and oxygen atoms in total. The Morgan fingerprint density at radius 1 is 1.19 bits per heavy atom. The van der Waals surface area contributed by atoms with Crippen molar-refractivity contribution in [2.45, 2.75) is 33.2 Å². The van der Waals surface area contributed by atoms with Crippen LogP contribution in [0, 0.1) is 13.8 Å². The number of nitrogens with one attached hydrogen (secondary N) is 1. The van der Waals surface area contributed by atoms with Gasteiger partial charge in [0.25, 0.3) is 0 Å². The monoisotopic (exact) mass is 308 g/mol. The zero-order valence-corrected chi connectivity index (χ0v) is 13.1. The van der Waals surface area contributed by atoms with E-state index >= 15 is 0 Å². The molecule has 2 aromatic rings. The molecule has 0 bridgehead atoms. The summed E-state index contributed by atoms with van der Waals surface area (Å²) >= 11 is 0. The summed E-state index contributed by atoms with van der Waals surface area (Å²) in [5.74, 6) is 0.769. The molecule has 6 heteroatoms. The molecular weight excluding hydrogens is 288 g/mol. The molecule has 1 heterocycles. The van der Waals surface area contributed by atoms with Gasteiger partial charge in [0, 0.05) is 12.1 Å². The quantitative estimate of drug-likeness (QED) is 0.852. The van der Waals surface area contributed by atoms with E-state index in [1.165, 1.54) is 0 Å². The Kier molecular flexibility index (Phi) is 5.14. The average Bonchev–Trinajstić information content (AvgIpc) is 2.77. The Balaban J connectivity index is 1.82. The summed E-state index contributed by atoms with van der Waals surface area (Å²) in [5.41, 5.74) is 2.68. The van der Waals surface area contributed by atoms with Gasteiger partial charge in [-0.25, -0.2) is 13.1 Å². The molecule has 21 heavy (non-hydrogen) atoms. The summed E-state index contributed by atoms with van der Waals surface area (Å²) < 4.78 is 31.6. The molecule has 0 aliphatic carbocycles. The number of rotatable bonds is 7. The number of aryl methyl sites for hydroxylation is 3. The number of sulfonamides is 1. The molecule has 0 aliphatic rings. The van der Waals surface area contributed by atoms with E-state index in [-0.39, 0.29) is 12.3 Å². The molecule has 0 amide bonds. The summed E-state index contributed by atoms with van der Waals surface area (Å²) in [5, 5.41) is 3.81. The standard InChI is InChI=1S/C15H20N2O3S/c1-12-15(13(2)20-17-12)11-16-21(18,19)10-6-9-14-7-4-3-5-8-14/h3-5,7-8,16H,6,9-11H2,1-2H3. The van der Waals surface area contributed by atoms with Gasteiger partial charge < -0.3 is 4.52 Å². The molecule has 2 rings (SSSR count). The molecular formula is C15H20N2O3S. The van der Waals surface area contributed by atoms with Crippen molar-refractivity contribution >= 4 is 10.0 Å². The van der Waals surface area contributed by atoms with Crippen molar-refractivity contribution in [1.29, 1.82) is 0 Å². The van der Waals surface area contributed by atoms with E-state index in [0.29, 0.717) is 12.2 Å². The predicted molar refractivity (Wildman–Crippen MR) is 81.4 cm³/mol. The first-order chi connectivity index (χ1) is 9.98. The van der Waals surface area contributed by atoms with Gasteiger partial charge in [0.2, 0.25) is 10.0 Å². The Morgan fingerprint density at radius 2 is 1.90 bits per heavy atom. The minimum absolute atomic E-state index is 0.116. The first-order valence-corrected chi connectivity index (χ1v) is 8.56. The van der Waals surface area contributed by atoms with Crippen LogP contribution in [0.3, 0.4) is 0 Å². The number of aromatic nitrogens is 1. The van der Waals surface area contributed by atoms with Crippen LogP contribution < -0.4 is 4.72 Å². The molecule has 0 unspecified atom stereocenters. The van der Waals surface area contributed by atoms with E-state index in [1.807, 2.05) is 30.3 Å². The van der Waals surface area contributed by atoms with Gasteiger partial charge in [-0.2, -0.15) is 0 Å². The van der Waals surface area contributed by atoms with E-state index in [9.17, 15) is 8.42 Å². The summed E-state index contributed by atoms with van der Waals surface area (Å²) in [6.07, 6.45) is 1.36. The lowest BCUT2D eigenvalue weighted by Gasteiger charge is -2.06. The van der Waals surface area contributed by atoms with E-state index in [4.69, 9.17) is 4.52 Å². The fourth-order valence-corrected chi connectivity index (χ4v) is 3.15. The van der Waals surface area contributed by atoms with E-state index in [1.54, 1.807) is 13.8 Å². The maximum atomic E-state index is 12.0. The normalized spacial score (nSPS) is 11.7. The third kappa shape index (κ3) is 4.68. The molecule has 0 fully saturated rings.